The summed E-state index contributed by atoms with van der Waals surface area (Å²) in [4.78, 5) is 27.0. The molecule has 1 N–H and O–H groups in total. The maximum absolute atomic E-state index is 12.7. The van der Waals surface area contributed by atoms with Gasteiger partial charge in [0.1, 0.15) is 0 Å². The molecule has 1 aliphatic rings. The molecule has 0 aromatic heterocycles. The first-order chi connectivity index (χ1) is 13.6. The lowest BCUT2D eigenvalue weighted by atomic mass is 9.86. The summed E-state index contributed by atoms with van der Waals surface area (Å²) in [5, 5.41) is 3.90. The SMILES string of the molecule is CC(C)(C)c1ccc(C(=O)NC2CCN(C(=O)c3ccc(Cl)c(Cl)c3)CC2)cc1. The van der Waals surface area contributed by atoms with Crippen LogP contribution in [-0.2, 0) is 5.41 Å². The molecule has 4 nitrogen and oxygen atoms in total. The quantitative estimate of drug-likeness (QED) is 0.712. The Labute approximate surface area is 182 Å². The number of carbonyl (C=O) groups is 2. The van der Waals surface area contributed by atoms with E-state index in [-0.39, 0.29) is 23.3 Å². The van der Waals surface area contributed by atoms with E-state index in [0.717, 1.165) is 12.8 Å². The minimum atomic E-state index is -0.0697. The number of amides is 2. The molecule has 0 atom stereocenters. The number of benzene rings is 2. The van der Waals surface area contributed by atoms with E-state index in [2.05, 4.69) is 26.1 Å². The standard InChI is InChI=1S/C23H26Cl2N2O2/c1-23(2,3)17-7-4-15(5-8-17)21(28)26-18-10-12-27(13-11-18)22(29)16-6-9-19(24)20(25)14-16/h4-9,14,18H,10-13H2,1-3H3,(H,26,28). The Morgan fingerprint density at radius 3 is 2.07 bits per heavy atom. The van der Waals surface area contributed by atoms with Gasteiger partial charge in [-0.25, -0.2) is 0 Å². The van der Waals surface area contributed by atoms with Crippen LogP contribution in [0.5, 0.6) is 0 Å². The van der Waals surface area contributed by atoms with E-state index in [1.54, 1.807) is 23.1 Å². The highest BCUT2D eigenvalue weighted by Gasteiger charge is 2.25. The maximum atomic E-state index is 12.7. The summed E-state index contributed by atoms with van der Waals surface area (Å²) in [6.45, 7) is 7.62. The average Bonchev–Trinajstić information content (AvgIpc) is 2.69. The number of hydrogen-bond donors (Lipinski definition) is 1. The molecule has 2 aromatic rings. The summed E-state index contributed by atoms with van der Waals surface area (Å²) >= 11 is 11.9. The molecule has 6 heteroatoms. The third kappa shape index (κ3) is 5.31. The van der Waals surface area contributed by atoms with Gasteiger partial charge in [-0.3, -0.25) is 9.59 Å². The van der Waals surface area contributed by atoms with Crippen molar-refractivity contribution in [1.29, 1.82) is 0 Å². The number of rotatable bonds is 3. The van der Waals surface area contributed by atoms with Crippen molar-refractivity contribution in [2.75, 3.05) is 13.1 Å². The number of piperidine rings is 1. The van der Waals surface area contributed by atoms with Crippen molar-refractivity contribution in [2.24, 2.45) is 0 Å². The normalized spacial score (nSPS) is 15.3. The highest BCUT2D eigenvalue weighted by Crippen LogP contribution is 2.25. The summed E-state index contributed by atoms with van der Waals surface area (Å²) in [6.07, 6.45) is 1.44. The highest BCUT2D eigenvalue weighted by molar-refractivity contribution is 6.42. The predicted molar refractivity (Wildman–Crippen MR) is 118 cm³/mol. The monoisotopic (exact) mass is 432 g/mol. The largest absolute Gasteiger partial charge is 0.349 e. The van der Waals surface area contributed by atoms with Gasteiger partial charge in [0, 0.05) is 30.3 Å². The summed E-state index contributed by atoms with van der Waals surface area (Å²) in [5.74, 6) is -0.133. The van der Waals surface area contributed by atoms with Gasteiger partial charge in [0.15, 0.2) is 0 Å². The van der Waals surface area contributed by atoms with Crippen molar-refractivity contribution < 1.29 is 9.59 Å². The fourth-order valence-electron chi connectivity index (χ4n) is 3.43. The average molecular weight is 433 g/mol. The minimum Gasteiger partial charge on any atom is -0.349 e. The fraction of sp³-hybridized carbons (Fsp3) is 0.391. The summed E-state index contributed by atoms with van der Waals surface area (Å²) in [6, 6.07) is 12.7. The molecule has 2 amide bonds. The number of carbonyl (C=O) groups excluding carboxylic acids is 2. The Kier molecular flexibility index (Phi) is 6.55. The van der Waals surface area contributed by atoms with Crippen LogP contribution in [0.1, 0.15) is 59.9 Å². The lowest BCUT2D eigenvalue weighted by Crippen LogP contribution is -2.46. The maximum Gasteiger partial charge on any atom is 0.253 e. The molecule has 0 aliphatic carbocycles. The summed E-state index contributed by atoms with van der Waals surface area (Å²) in [7, 11) is 0. The van der Waals surface area contributed by atoms with Crippen molar-refractivity contribution in [3.8, 4) is 0 Å². The molecular formula is C23H26Cl2N2O2. The van der Waals surface area contributed by atoms with Gasteiger partial charge in [-0.2, -0.15) is 0 Å². The van der Waals surface area contributed by atoms with Crippen molar-refractivity contribution in [1.82, 2.24) is 10.2 Å². The first kappa shape index (κ1) is 21.7. The summed E-state index contributed by atoms with van der Waals surface area (Å²) in [5.41, 5.74) is 2.44. The van der Waals surface area contributed by atoms with E-state index in [0.29, 0.717) is 34.3 Å². The smallest absolute Gasteiger partial charge is 0.253 e. The van der Waals surface area contributed by atoms with E-state index in [9.17, 15) is 9.59 Å². The van der Waals surface area contributed by atoms with Crippen LogP contribution >= 0.6 is 23.2 Å². The Hall–Kier alpha value is -2.04. The van der Waals surface area contributed by atoms with Crippen LogP contribution in [-0.4, -0.2) is 35.8 Å². The second kappa shape index (κ2) is 8.76. The fourth-order valence-corrected chi connectivity index (χ4v) is 3.73. The third-order valence-corrected chi connectivity index (χ3v) is 6.04. The number of halogens is 2. The molecule has 0 spiro atoms. The van der Waals surface area contributed by atoms with E-state index < -0.39 is 0 Å². The second-order valence-corrected chi connectivity index (χ2v) is 9.31. The van der Waals surface area contributed by atoms with Gasteiger partial charge in [0.25, 0.3) is 11.8 Å². The van der Waals surface area contributed by atoms with Crippen LogP contribution < -0.4 is 5.32 Å². The summed E-state index contributed by atoms with van der Waals surface area (Å²) < 4.78 is 0. The van der Waals surface area contributed by atoms with E-state index in [1.165, 1.54) is 5.56 Å². The van der Waals surface area contributed by atoms with Gasteiger partial charge in [0.05, 0.1) is 10.0 Å². The molecule has 0 radical (unpaired) electrons. The Balaban J connectivity index is 1.54. The minimum absolute atomic E-state index is 0.0580. The van der Waals surface area contributed by atoms with Gasteiger partial charge in [-0.15, -0.1) is 0 Å². The van der Waals surface area contributed by atoms with Crippen LogP contribution in [0.15, 0.2) is 42.5 Å². The number of hydrogen-bond acceptors (Lipinski definition) is 2. The molecule has 1 heterocycles. The molecule has 0 bridgehead atoms. The molecule has 1 aliphatic heterocycles. The van der Waals surface area contributed by atoms with Crippen molar-refractivity contribution in [3.63, 3.8) is 0 Å². The molecule has 0 saturated carbocycles. The van der Waals surface area contributed by atoms with Crippen molar-refractivity contribution in [3.05, 3.63) is 69.2 Å². The van der Waals surface area contributed by atoms with Gasteiger partial charge < -0.3 is 10.2 Å². The number of likely N-dealkylation sites (tertiary alicyclic amines) is 1. The van der Waals surface area contributed by atoms with Gasteiger partial charge in [-0.1, -0.05) is 56.1 Å². The molecule has 1 fully saturated rings. The van der Waals surface area contributed by atoms with Gasteiger partial charge >= 0.3 is 0 Å². The number of nitrogens with one attached hydrogen (secondary N) is 1. The van der Waals surface area contributed by atoms with Crippen LogP contribution in [0.3, 0.4) is 0 Å². The predicted octanol–water partition coefficient (Wildman–Crippen LogP) is 5.33. The molecule has 0 unspecified atom stereocenters. The zero-order valence-corrected chi connectivity index (χ0v) is 18.5. The molecule has 154 valence electrons. The highest BCUT2D eigenvalue weighted by atomic mass is 35.5. The molecule has 2 aromatic carbocycles. The van der Waals surface area contributed by atoms with E-state index in [4.69, 9.17) is 23.2 Å². The van der Waals surface area contributed by atoms with E-state index in [1.807, 2.05) is 24.3 Å². The molecule has 29 heavy (non-hydrogen) atoms. The van der Waals surface area contributed by atoms with E-state index >= 15 is 0 Å². The van der Waals surface area contributed by atoms with Gasteiger partial charge in [0.2, 0.25) is 0 Å². The molecular weight excluding hydrogens is 407 g/mol. The zero-order chi connectivity index (χ0) is 21.2. The molecule has 3 rings (SSSR count). The van der Waals surface area contributed by atoms with Crippen LogP contribution in [0, 0.1) is 0 Å². The van der Waals surface area contributed by atoms with Crippen molar-refractivity contribution >= 4 is 35.0 Å². The Morgan fingerprint density at radius 1 is 0.931 bits per heavy atom. The second-order valence-electron chi connectivity index (χ2n) is 8.50. The molecule has 1 saturated heterocycles. The lowest BCUT2D eigenvalue weighted by molar-refractivity contribution is 0.0698. The Morgan fingerprint density at radius 2 is 1.52 bits per heavy atom. The number of nitrogens with zero attached hydrogens (tertiary/aromatic N) is 1. The van der Waals surface area contributed by atoms with Crippen molar-refractivity contribution in [2.45, 2.75) is 45.1 Å². The van der Waals surface area contributed by atoms with Crippen LogP contribution in [0.25, 0.3) is 0 Å². The first-order valence-electron chi connectivity index (χ1n) is 9.81. The van der Waals surface area contributed by atoms with Gasteiger partial charge in [-0.05, 0) is 54.2 Å². The van der Waals surface area contributed by atoms with Crippen LogP contribution in [0.2, 0.25) is 10.0 Å². The third-order valence-electron chi connectivity index (χ3n) is 5.30. The first-order valence-corrected chi connectivity index (χ1v) is 10.6. The topological polar surface area (TPSA) is 49.4 Å². The Bertz CT molecular complexity index is 896. The lowest BCUT2D eigenvalue weighted by Gasteiger charge is -2.32. The zero-order valence-electron chi connectivity index (χ0n) is 17.0. The van der Waals surface area contributed by atoms with Crippen LogP contribution in [0.4, 0.5) is 0 Å².